The van der Waals surface area contributed by atoms with E-state index in [1.165, 1.54) is 25.3 Å². The van der Waals surface area contributed by atoms with Gasteiger partial charge in [-0.25, -0.2) is 4.39 Å². The number of nitro groups is 1. The Bertz CT molecular complexity index is 1190. The molecule has 0 saturated heterocycles. The molecule has 0 atom stereocenters. The average Bonchev–Trinajstić information content (AvgIpc) is 2.76. The summed E-state index contributed by atoms with van der Waals surface area (Å²) in [5, 5.41) is 11.7. The van der Waals surface area contributed by atoms with Crippen molar-refractivity contribution in [1.82, 2.24) is 0 Å². The molecule has 0 aliphatic carbocycles. The van der Waals surface area contributed by atoms with Crippen LogP contribution in [0, 0.1) is 15.9 Å². The molecule has 1 heterocycles. The number of aliphatic imine (C=N–C) groups is 1. The molecule has 0 radical (unpaired) electrons. The summed E-state index contributed by atoms with van der Waals surface area (Å²) in [6.07, 6.45) is 1.59. The zero-order valence-electron chi connectivity index (χ0n) is 16.4. The lowest BCUT2D eigenvalue weighted by molar-refractivity contribution is -0.385. The van der Waals surface area contributed by atoms with E-state index in [0.717, 1.165) is 5.69 Å². The molecule has 4 rings (SSSR count). The van der Waals surface area contributed by atoms with Crippen LogP contribution in [0.2, 0.25) is 5.02 Å². The Morgan fingerprint density at radius 1 is 1.19 bits per heavy atom. The molecular weight excluding hydrogens is 425 g/mol. The number of fused-ring (bicyclic) bond motifs is 1. The normalized spacial score (nSPS) is 12.4. The zero-order chi connectivity index (χ0) is 22.0. The second-order valence-electron chi connectivity index (χ2n) is 6.75. The first kappa shape index (κ1) is 20.6. The molecular formula is C22H17ClFN3O4. The number of ether oxygens (including phenoxy) is 2. The van der Waals surface area contributed by atoms with E-state index in [1.54, 1.807) is 36.5 Å². The van der Waals surface area contributed by atoms with Crippen LogP contribution in [0.15, 0.2) is 59.6 Å². The number of nitrogens with zero attached hydrogens (tertiary/aromatic N) is 3. The first-order valence-corrected chi connectivity index (χ1v) is 9.64. The minimum atomic E-state index is -0.493. The monoisotopic (exact) mass is 441 g/mol. The van der Waals surface area contributed by atoms with Crippen LogP contribution in [0.5, 0.6) is 11.5 Å². The van der Waals surface area contributed by atoms with Gasteiger partial charge in [0.1, 0.15) is 24.8 Å². The lowest BCUT2D eigenvalue weighted by atomic mass is 10.1. The lowest BCUT2D eigenvalue weighted by Crippen LogP contribution is -2.22. The highest BCUT2D eigenvalue weighted by atomic mass is 35.5. The zero-order valence-corrected chi connectivity index (χ0v) is 17.2. The summed E-state index contributed by atoms with van der Waals surface area (Å²) in [5.41, 5.74) is 2.60. The third-order valence-corrected chi connectivity index (χ3v) is 5.07. The number of rotatable bonds is 6. The molecule has 0 amide bonds. The fraction of sp³-hybridized carbons (Fsp3) is 0.136. The van der Waals surface area contributed by atoms with E-state index in [0.29, 0.717) is 34.3 Å². The van der Waals surface area contributed by atoms with Gasteiger partial charge in [-0.15, -0.1) is 0 Å². The number of halogens is 2. The molecule has 7 nitrogen and oxygen atoms in total. The van der Waals surface area contributed by atoms with Gasteiger partial charge >= 0.3 is 5.69 Å². The highest BCUT2D eigenvalue weighted by Crippen LogP contribution is 2.40. The fourth-order valence-corrected chi connectivity index (χ4v) is 3.53. The molecule has 31 heavy (non-hydrogen) atoms. The minimum absolute atomic E-state index is 0.131. The van der Waals surface area contributed by atoms with Crippen molar-refractivity contribution in [3.63, 3.8) is 0 Å². The van der Waals surface area contributed by atoms with Crippen molar-refractivity contribution in [3.05, 3.63) is 86.7 Å². The molecule has 0 bridgehead atoms. The van der Waals surface area contributed by atoms with Crippen LogP contribution < -0.4 is 14.4 Å². The average molecular weight is 442 g/mol. The van der Waals surface area contributed by atoms with Crippen molar-refractivity contribution in [2.45, 2.75) is 6.61 Å². The van der Waals surface area contributed by atoms with Crippen LogP contribution in [0.3, 0.4) is 0 Å². The van der Waals surface area contributed by atoms with Gasteiger partial charge in [0.25, 0.3) is 0 Å². The van der Waals surface area contributed by atoms with Gasteiger partial charge in [0, 0.05) is 29.6 Å². The second-order valence-corrected chi connectivity index (χ2v) is 7.16. The first-order valence-electron chi connectivity index (χ1n) is 9.27. The summed E-state index contributed by atoms with van der Waals surface area (Å²) >= 11 is 6.42. The van der Waals surface area contributed by atoms with Crippen LogP contribution in [-0.4, -0.2) is 24.9 Å². The Balaban J connectivity index is 1.60. The number of hydrogen-bond donors (Lipinski definition) is 0. The summed E-state index contributed by atoms with van der Waals surface area (Å²) in [5.74, 6) is 0.282. The number of methoxy groups -OCH3 is 1. The smallest absolute Gasteiger partial charge is 0.311 e. The fourth-order valence-electron chi connectivity index (χ4n) is 3.30. The van der Waals surface area contributed by atoms with E-state index >= 15 is 0 Å². The van der Waals surface area contributed by atoms with Gasteiger partial charge in [0.2, 0.25) is 0 Å². The van der Waals surface area contributed by atoms with Gasteiger partial charge in [0.15, 0.2) is 5.75 Å². The summed E-state index contributed by atoms with van der Waals surface area (Å²) in [6.45, 7) is 0.488. The predicted molar refractivity (Wildman–Crippen MR) is 116 cm³/mol. The molecule has 1 aliphatic heterocycles. The van der Waals surface area contributed by atoms with Crippen molar-refractivity contribution >= 4 is 34.9 Å². The molecule has 0 fully saturated rings. The molecule has 9 heteroatoms. The maximum atomic E-state index is 13.3. The number of anilines is 2. The van der Waals surface area contributed by atoms with Crippen molar-refractivity contribution in [2.75, 3.05) is 18.7 Å². The van der Waals surface area contributed by atoms with Gasteiger partial charge < -0.3 is 14.4 Å². The maximum absolute atomic E-state index is 13.3. The molecule has 0 saturated carbocycles. The number of hydrogen-bond acceptors (Lipinski definition) is 6. The van der Waals surface area contributed by atoms with Crippen molar-refractivity contribution in [2.24, 2.45) is 4.99 Å². The molecule has 1 aliphatic rings. The molecule has 3 aromatic rings. The summed E-state index contributed by atoms with van der Waals surface area (Å²) in [4.78, 5) is 17.0. The number of benzene rings is 3. The maximum Gasteiger partial charge on any atom is 0.311 e. The third-order valence-electron chi connectivity index (χ3n) is 4.78. The van der Waals surface area contributed by atoms with Crippen molar-refractivity contribution in [1.29, 1.82) is 0 Å². The molecule has 3 aromatic carbocycles. The summed E-state index contributed by atoms with van der Waals surface area (Å²) in [7, 11) is 1.39. The van der Waals surface area contributed by atoms with Gasteiger partial charge in [-0.05, 0) is 35.9 Å². The van der Waals surface area contributed by atoms with E-state index < -0.39 is 4.92 Å². The lowest BCUT2D eigenvalue weighted by Gasteiger charge is -2.28. The van der Waals surface area contributed by atoms with E-state index in [2.05, 4.69) is 4.99 Å². The summed E-state index contributed by atoms with van der Waals surface area (Å²) < 4.78 is 24.3. The largest absolute Gasteiger partial charge is 0.490 e. The second kappa shape index (κ2) is 8.61. The predicted octanol–water partition coefficient (Wildman–Crippen LogP) is 5.50. The van der Waals surface area contributed by atoms with Crippen LogP contribution >= 0.6 is 11.6 Å². The first-order chi connectivity index (χ1) is 15.0. The standard InChI is InChI=1S/C22H17ClFN3O4/c1-30-22-10-19-15(8-20(22)27(28)29)11-25-13-26(19)17-5-6-21(18(23)9-17)31-12-14-3-2-4-16(24)7-14/h2-11H,12-13H2,1H3. The van der Waals surface area contributed by atoms with Crippen LogP contribution in [-0.2, 0) is 6.61 Å². The van der Waals surface area contributed by atoms with E-state index in [9.17, 15) is 14.5 Å². The Labute approximate surface area is 182 Å². The van der Waals surface area contributed by atoms with Gasteiger partial charge in [-0.3, -0.25) is 15.1 Å². The molecule has 158 valence electrons. The van der Waals surface area contributed by atoms with E-state index in [4.69, 9.17) is 21.1 Å². The Morgan fingerprint density at radius 2 is 2.03 bits per heavy atom. The van der Waals surface area contributed by atoms with E-state index in [1.807, 2.05) is 11.0 Å². The van der Waals surface area contributed by atoms with Crippen LogP contribution in [0.4, 0.5) is 21.5 Å². The van der Waals surface area contributed by atoms with Crippen molar-refractivity contribution in [3.8, 4) is 11.5 Å². The molecule has 0 aromatic heterocycles. The quantitative estimate of drug-likeness (QED) is 0.372. The van der Waals surface area contributed by atoms with Crippen LogP contribution in [0.1, 0.15) is 11.1 Å². The van der Waals surface area contributed by atoms with Gasteiger partial charge in [-0.2, -0.15) is 0 Å². The Hall–Kier alpha value is -3.65. The summed E-state index contributed by atoms with van der Waals surface area (Å²) in [6, 6.07) is 14.4. The van der Waals surface area contributed by atoms with Gasteiger partial charge in [0.05, 0.1) is 22.7 Å². The Morgan fingerprint density at radius 3 is 2.74 bits per heavy atom. The van der Waals surface area contributed by atoms with Gasteiger partial charge in [-0.1, -0.05) is 23.7 Å². The van der Waals surface area contributed by atoms with Crippen LogP contribution in [0.25, 0.3) is 0 Å². The third kappa shape index (κ3) is 4.29. The molecule has 0 spiro atoms. The number of nitro benzene ring substituents is 1. The highest BCUT2D eigenvalue weighted by molar-refractivity contribution is 6.32. The minimum Gasteiger partial charge on any atom is -0.490 e. The Kier molecular flexibility index (Phi) is 5.73. The highest BCUT2D eigenvalue weighted by Gasteiger charge is 2.24. The topological polar surface area (TPSA) is 77.2 Å². The molecule has 0 unspecified atom stereocenters. The van der Waals surface area contributed by atoms with E-state index in [-0.39, 0.29) is 23.9 Å². The molecule has 0 N–H and O–H groups in total. The van der Waals surface area contributed by atoms with Crippen molar-refractivity contribution < 1.29 is 18.8 Å². The SMILES string of the molecule is COc1cc2c(cc1[N+](=O)[O-])C=NCN2c1ccc(OCc2cccc(F)c2)c(Cl)c1.